The van der Waals surface area contributed by atoms with Crippen LogP contribution in [0.2, 0.25) is 0 Å². The van der Waals surface area contributed by atoms with Gasteiger partial charge in [-0.25, -0.2) is 4.79 Å². The maximum absolute atomic E-state index is 12.4. The van der Waals surface area contributed by atoms with Crippen molar-refractivity contribution < 1.29 is 14.3 Å². The predicted octanol–water partition coefficient (Wildman–Crippen LogP) is 4.54. The van der Waals surface area contributed by atoms with Gasteiger partial charge in [0, 0.05) is 18.3 Å². The number of pyridine rings is 1. The Kier molecular flexibility index (Phi) is 6.26. The van der Waals surface area contributed by atoms with Gasteiger partial charge in [-0.15, -0.1) is 0 Å². The van der Waals surface area contributed by atoms with Crippen LogP contribution >= 0.6 is 0 Å². The van der Waals surface area contributed by atoms with Gasteiger partial charge in [-0.3, -0.25) is 9.88 Å². The zero-order valence-corrected chi connectivity index (χ0v) is 16.7. The third-order valence-electron chi connectivity index (χ3n) is 4.83. The van der Waals surface area contributed by atoms with E-state index in [1.165, 1.54) is 19.3 Å². The Morgan fingerprint density at radius 2 is 1.93 bits per heavy atom. The van der Waals surface area contributed by atoms with E-state index in [0.717, 1.165) is 37.0 Å². The van der Waals surface area contributed by atoms with Crippen molar-refractivity contribution in [3.05, 3.63) is 24.0 Å². The van der Waals surface area contributed by atoms with E-state index in [0.29, 0.717) is 12.6 Å². The molecule has 1 unspecified atom stereocenters. The lowest BCUT2D eigenvalue weighted by Crippen LogP contribution is -2.39. The molecule has 1 saturated carbocycles. The molecule has 27 heavy (non-hydrogen) atoms. The lowest BCUT2D eigenvalue weighted by atomic mass is 9.98. The maximum atomic E-state index is 12.4. The van der Waals surface area contributed by atoms with Gasteiger partial charge in [0.05, 0.1) is 18.3 Å². The number of hydrogen-bond acceptors (Lipinski definition) is 4. The van der Waals surface area contributed by atoms with Gasteiger partial charge in [0.15, 0.2) is 0 Å². The Bertz CT molecular complexity index is 708. The Hall–Kier alpha value is -2.22. The van der Waals surface area contributed by atoms with Crippen molar-refractivity contribution >= 4 is 6.09 Å². The fourth-order valence-electron chi connectivity index (χ4n) is 3.55. The third-order valence-corrected chi connectivity index (χ3v) is 4.83. The van der Waals surface area contributed by atoms with E-state index < -0.39 is 5.60 Å². The minimum atomic E-state index is -0.494. The Labute approximate surface area is 162 Å². The highest BCUT2D eigenvalue weighted by Gasteiger charge is 2.31. The monoisotopic (exact) mass is 370 g/mol. The third kappa shape index (κ3) is 5.89. The van der Waals surface area contributed by atoms with Crippen LogP contribution in [0, 0.1) is 11.8 Å². The summed E-state index contributed by atoms with van der Waals surface area (Å²) in [6, 6.07) is 1.84. The molecular formula is C22H30N2O3. The highest BCUT2D eigenvalue weighted by Crippen LogP contribution is 2.24. The molecule has 3 rings (SSSR count). The van der Waals surface area contributed by atoms with Crippen LogP contribution in [0.5, 0.6) is 5.75 Å². The van der Waals surface area contributed by atoms with Crippen LogP contribution in [0.3, 0.4) is 0 Å². The van der Waals surface area contributed by atoms with Crippen molar-refractivity contribution in [3.8, 4) is 17.6 Å². The van der Waals surface area contributed by atoms with E-state index in [1.54, 1.807) is 17.3 Å². The number of rotatable bonds is 2. The number of hydrogen-bond donors (Lipinski definition) is 0. The summed E-state index contributed by atoms with van der Waals surface area (Å²) >= 11 is 0. The molecular weight excluding hydrogens is 340 g/mol. The fourth-order valence-corrected chi connectivity index (χ4v) is 3.55. The number of carbonyl (C=O) groups is 1. The topological polar surface area (TPSA) is 51.7 Å². The molecule has 0 spiro atoms. The second-order valence-corrected chi connectivity index (χ2v) is 8.39. The summed E-state index contributed by atoms with van der Waals surface area (Å²) in [5.41, 5.74) is 0.325. The van der Waals surface area contributed by atoms with Crippen LogP contribution in [0.1, 0.15) is 71.3 Å². The summed E-state index contributed by atoms with van der Waals surface area (Å²) in [5.74, 6) is 7.18. The molecule has 0 radical (unpaired) electrons. The van der Waals surface area contributed by atoms with E-state index in [9.17, 15) is 4.79 Å². The number of aromatic nitrogens is 1. The highest BCUT2D eigenvalue weighted by atomic mass is 16.6. The van der Waals surface area contributed by atoms with Crippen molar-refractivity contribution in [2.75, 3.05) is 6.54 Å². The Morgan fingerprint density at radius 1 is 1.15 bits per heavy atom. The minimum Gasteiger partial charge on any atom is -0.489 e. The molecule has 5 nitrogen and oxygen atoms in total. The maximum Gasteiger partial charge on any atom is 0.411 e. The molecule has 1 amide bonds. The van der Waals surface area contributed by atoms with Gasteiger partial charge in [0.2, 0.25) is 0 Å². The fraction of sp³-hybridized carbons (Fsp3) is 0.636. The normalized spacial score (nSPS) is 20.7. The van der Waals surface area contributed by atoms with Gasteiger partial charge in [-0.1, -0.05) is 18.3 Å². The smallest absolute Gasteiger partial charge is 0.411 e. The molecule has 1 aromatic heterocycles. The van der Waals surface area contributed by atoms with Crippen LogP contribution in [0.4, 0.5) is 4.79 Å². The summed E-state index contributed by atoms with van der Waals surface area (Å²) < 4.78 is 11.6. The van der Waals surface area contributed by atoms with E-state index in [4.69, 9.17) is 9.47 Å². The molecule has 1 aromatic rings. The van der Waals surface area contributed by atoms with E-state index in [1.807, 2.05) is 26.8 Å². The van der Waals surface area contributed by atoms with Gasteiger partial charge in [-0.2, -0.15) is 0 Å². The molecule has 2 heterocycles. The average molecular weight is 370 g/mol. The summed E-state index contributed by atoms with van der Waals surface area (Å²) in [6.07, 6.45) is 11.3. The standard InChI is InChI=1S/C22H30N2O3/c1-22(2,3)27-21(25)24-13-7-8-18(24)12-11-17-14-20(16-23-15-17)26-19-9-5-4-6-10-19/h14-16,18-19H,4-10,13H2,1-3H3. The molecule has 1 atom stereocenters. The summed E-state index contributed by atoms with van der Waals surface area (Å²) in [5, 5.41) is 0. The SMILES string of the molecule is CC(C)(C)OC(=O)N1CCCC1C#Cc1cncc(OC2CCCCC2)c1. The van der Waals surface area contributed by atoms with Crippen LogP contribution in [-0.4, -0.2) is 40.3 Å². The quantitative estimate of drug-likeness (QED) is 0.717. The van der Waals surface area contributed by atoms with Crippen molar-refractivity contribution in [2.24, 2.45) is 0 Å². The summed E-state index contributed by atoms with van der Waals surface area (Å²) in [6.45, 7) is 6.33. The first-order valence-corrected chi connectivity index (χ1v) is 10.0. The minimum absolute atomic E-state index is 0.109. The second-order valence-electron chi connectivity index (χ2n) is 8.39. The van der Waals surface area contributed by atoms with Crippen molar-refractivity contribution in [1.82, 2.24) is 9.88 Å². The Morgan fingerprint density at radius 3 is 2.67 bits per heavy atom. The second kappa shape index (κ2) is 8.65. The van der Waals surface area contributed by atoms with Gasteiger partial charge >= 0.3 is 6.09 Å². The van der Waals surface area contributed by atoms with E-state index in [-0.39, 0.29) is 12.1 Å². The molecule has 1 aliphatic carbocycles. The number of ether oxygens (including phenoxy) is 2. The van der Waals surface area contributed by atoms with Crippen LogP contribution in [0.15, 0.2) is 18.5 Å². The zero-order chi connectivity index (χ0) is 19.3. The van der Waals surface area contributed by atoms with Crippen LogP contribution < -0.4 is 4.74 Å². The molecule has 1 aliphatic heterocycles. The van der Waals surface area contributed by atoms with Crippen LogP contribution in [0.25, 0.3) is 0 Å². The van der Waals surface area contributed by atoms with Crippen molar-refractivity contribution in [2.45, 2.75) is 83.5 Å². The van der Waals surface area contributed by atoms with Gasteiger partial charge in [0.1, 0.15) is 11.4 Å². The molecule has 2 aliphatic rings. The van der Waals surface area contributed by atoms with Crippen LogP contribution in [-0.2, 0) is 4.74 Å². The number of carbonyl (C=O) groups excluding carboxylic acids is 1. The molecule has 1 saturated heterocycles. The first kappa shape index (κ1) is 19.5. The number of likely N-dealkylation sites (tertiary alicyclic amines) is 1. The number of nitrogens with zero attached hydrogens (tertiary/aromatic N) is 2. The highest BCUT2D eigenvalue weighted by molar-refractivity contribution is 5.69. The van der Waals surface area contributed by atoms with Crippen molar-refractivity contribution in [3.63, 3.8) is 0 Å². The lowest BCUT2D eigenvalue weighted by Gasteiger charge is -2.26. The largest absolute Gasteiger partial charge is 0.489 e. The average Bonchev–Trinajstić information content (AvgIpc) is 3.09. The molecule has 0 bridgehead atoms. The number of amides is 1. The van der Waals surface area contributed by atoms with Crippen molar-refractivity contribution in [1.29, 1.82) is 0 Å². The van der Waals surface area contributed by atoms with E-state index >= 15 is 0 Å². The first-order valence-electron chi connectivity index (χ1n) is 10.0. The predicted molar refractivity (Wildman–Crippen MR) is 105 cm³/mol. The molecule has 0 N–H and O–H groups in total. The van der Waals surface area contributed by atoms with Gasteiger partial charge < -0.3 is 9.47 Å². The zero-order valence-electron chi connectivity index (χ0n) is 16.7. The molecule has 5 heteroatoms. The summed E-state index contributed by atoms with van der Waals surface area (Å²) in [7, 11) is 0. The van der Waals surface area contributed by atoms with E-state index in [2.05, 4.69) is 16.8 Å². The molecule has 146 valence electrons. The first-order chi connectivity index (χ1) is 12.9. The lowest BCUT2D eigenvalue weighted by molar-refractivity contribution is 0.0261. The molecule has 2 fully saturated rings. The molecule has 0 aromatic carbocycles. The summed E-state index contributed by atoms with van der Waals surface area (Å²) in [4.78, 5) is 18.4. The van der Waals surface area contributed by atoms with Gasteiger partial charge in [0.25, 0.3) is 0 Å². The van der Waals surface area contributed by atoms with Gasteiger partial charge in [-0.05, 0) is 65.4 Å². The Balaban J connectivity index is 1.64.